The molecule has 0 unspecified atom stereocenters. The molecule has 1 aromatic rings. The van der Waals surface area contributed by atoms with Crippen molar-refractivity contribution >= 4 is 17.4 Å². The molecular weight excluding hydrogens is 222 g/mol. The average Bonchev–Trinajstić information content (AvgIpc) is 2.25. The smallest absolute Gasteiger partial charge is 0.128 e. The molecule has 4 heteroatoms. The predicted molar refractivity (Wildman–Crippen MR) is 70.3 cm³/mol. The number of hydrogen-bond donors (Lipinski definition) is 0. The molecule has 0 saturated heterocycles. The molecule has 0 saturated carbocycles. The molecule has 0 aliphatic carbocycles. The van der Waals surface area contributed by atoms with E-state index < -0.39 is 0 Å². The van der Waals surface area contributed by atoms with Gasteiger partial charge in [-0.2, -0.15) is 0 Å². The van der Waals surface area contributed by atoms with Gasteiger partial charge in [-0.3, -0.25) is 0 Å². The second-order valence-corrected chi connectivity index (χ2v) is 4.56. The number of aromatic nitrogens is 1. The summed E-state index contributed by atoms with van der Waals surface area (Å²) in [5.41, 5.74) is 0. The molecule has 1 aromatic heterocycles. The van der Waals surface area contributed by atoms with Crippen LogP contribution >= 0.6 is 11.6 Å². The monoisotopic (exact) mass is 241 g/mol. The highest BCUT2D eigenvalue weighted by Crippen LogP contribution is 2.14. The van der Waals surface area contributed by atoms with Crippen LogP contribution in [-0.2, 0) is 0 Å². The Kier molecular flexibility index (Phi) is 5.56. The first-order valence-corrected chi connectivity index (χ1v) is 6.02. The Hall–Kier alpha value is -0.800. The summed E-state index contributed by atoms with van der Waals surface area (Å²) in [6.45, 7) is 5.24. The zero-order valence-electron chi connectivity index (χ0n) is 10.3. The molecule has 0 N–H and O–H groups in total. The summed E-state index contributed by atoms with van der Waals surface area (Å²) in [6, 6.07) is 3.87. The quantitative estimate of drug-likeness (QED) is 0.763. The van der Waals surface area contributed by atoms with E-state index in [0.717, 1.165) is 31.9 Å². The van der Waals surface area contributed by atoms with E-state index in [9.17, 15) is 0 Å². The molecule has 16 heavy (non-hydrogen) atoms. The summed E-state index contributed by atoms with van der Waals surface area (Å²) < 4.78 is 0. The third-order valence-corrected chi connectivity index (χ3v) is 2.57. The molecule has 0 aliphatic heterocycles. The number of halogens is 1. The largest absolute Gasteiger partial charge is 0.355 e. The lowest BCUT2D eigenvalue weighted by Gasteiger charge is -2.24. The highest BCUT2D eigenvalue weighted by Gasteiger charge is 2.06. The second kappa shape index (κ2) is 6.71. The first-order valence-electron chi connectivity index (χ1n) is 5.64. The van der Waals surface area contributed by atoms with Gasteiger partial charge in [0.15, 0.2) is 0 Å². The second-order valence-electron chi connectivity index (χ2n) is 4.12. The van der Waals surface area contributed by atoms with Gasteiger partial charge < -0.3 is 9.80 Å². The van der Waals surface area contributed by atoms with Gasteiger partial charge in [0.2, 0.25) is 0 Å². The van der Waals surface area contributed by atoms with Gasteiger partial charge in [-0.05, 0) is 32.6 Å². The molecule has 0 aliphatic rings. The minimum absolute atomic E-state index is 0.688. The fraction of sp³-hybridized carbons (Fsp3) is 0.583. The molecule has 1 heterocycles. The van der Waals surface area contributed by atoms with Crippen LogP contribution in [0.4, 0.5) is 5.82 Å². The third kappa shape index (κ3) is 4.37. The van der Waals surface area contributed by atoms with Crippen LogP contribution in [0.25, 0.3) is 0 Å². The molecule has 3 nitrogen and oxygen atoms in total. The Morgan fingerprint density at radius 1 is 1.19 bits per heavy atom. The topological polar surface area (TPSA) is 19.4 Å². The number of pyridine rings is 1. The van der Waals surface area contributed by atoms with Crippen molar-refractivity contribution in [2.45, 2.75) is 13.3 Å². The predicted octanol–water partition coefficient (Wildman–Crippen LogP) is 2.51. The summed E-state index contributed by atoms with van der Waals surface area (Å²) >= 11 is 5.83. The lowest BCUT2D eigenvalue weighted by Crippen LogP contribution is -2.32. The van der Waals surface area contributed by atoms with Gasteiger partial charge in [-0.15, -0.1) is 0 Å². The standard InChI is InChI=1S/C12H20ClN3/c1-4-7-16(9-8-15(2)3)12-6-5-11(13)10-14-12/h5-6,10H,4,7-9H2,1-3H3. The van der Waals surface area contributed by atoms with Crippen molar-refractivity contribution < 1.29 is 0 Å². The van der Waals surface area contributed by atoms with E-state index in [-0.39, 0.29) is 0 Å². The van der Waals surface area contributed by atoms with Crippen molar-refractivity contribution in [3.63, 3.8) is 0 Å². The molecule has 0 atom stereocenters. The van der Waals surface area contributed by atoms with E-state index in [0.29, 0.717) is 5.02 Å². The number of hydrogen-bond acceptors (Lipinski definition) is 3. The zero-order chi connectivity index (χ0) is 12.0. The maximum Gasteiger partial charge on any atom is 0.128 e. The minimum atomic E-state index is 0.688. The van der Waals surface area contributed by atoms with Crippen LogP contribution in [0.2, 0.25) is 5.02 Å². The molecule has 0 radical (unpaired) electrons. The molecule has 0 aromatic carbocycles. The number of anilines is 1. The van der Waals surface area contributed by atoms with Gasteiger partial charge in [0, 0.05) is 25.8 Å². The van der Waals surface area contributed by atoms with Gasteiger partial charge >= 0.3 is 0 Å². The van der Waals surface area contributed by atoms with Crippen molar-refractivity contribution in [2.24, 2.45) is 0 Å². The van der Waals surface area contributed by atoms with Gasteiger partial charge in [0.1, 0.15) is 5.82 Å². The SMILES string of the molecule is CCCN(CCN(C)C)c1ccc(Cl)cn1. The molecule has 0 fully saturated rings. The van der Waals surface area contributed by atoms with E-state index in [4.69, 9.17) is 11.6 Å². The van der Waals surface area contributed by atoms with Crippen LogP contribution in [0.1, 0.15) is 13.3 Å². The van der Waals surface area contributed by atoms with Crippen LogP contribution in [0.5, 0.6) is 0 Å². The normalized spacial score (nSPS) is 10.8. The highest BCUT2D eigenvalue weighted by atomic mass is 35.5. The van der Waals surface area contributed by atoms with Crippen LogP contribution in [0.3, 0.4) is 0 Å². The summed E-state index contributed by atoms with van der Waals surface area (Å²) in [4.78, 5) is 8.82. The van der Waals surface area contributed by atoms with Crippen molar-refractivity contribution in [3.8, 4) is 0 Å². The Labute approximate surface area is 103 Å². The first kappa shape index (κ1) is 13.3. The van der Waals surface area contributed by atoms with Gasteiger partial charge in [-0.25, -0.2) is 4.98 Å². The fourth-order valence-electron chi connectivity index (χ4n) is 1.49. The summed E-state index contributed by atoms with van der Waals surface area (Å²) in [6.07, 6.45) is 2.83. The Balaban J connectivity index is 2.64. The Morgan fingerprint density at radius 3 is 2.44 bits per heavy atom. The number of nitrogens with zero attached hydrogens (tertiary/aromatic N) is 3. The van der Waals surface area contributed by atoms with E-state index in [1.165, 1.54) is 0 Å². The lowest BCUT2D eigenvalue weighted by molar-refractivity contribution is 0.412. The van der Waals surface area contributed by atoms with Crippen molar-refractivity contribution in [3.05, 3.63) is 23.4 Å². The molecule has 0 amide bonds. The number of rotatable bonds is 6. The lowest BCUT2D eigenvalue weighted by atomic mass is 10.3. The Bertz CT molecular complexity index is 298. The van der Waals surface area contributed by atoms with Crippen molar-refractivity contribution in [2.75, 3.05) is 38.6 Å². The first-order chi connectivity index (χ1) is 7.63. The number of likely N-dealkylation sites (N-methyl/N-ethyl adjacent to an activating group) is 1. The van der Waals surface area contributed by atoms with Crippen LogP contribution in [-0.4, -0.2) is 43.6 Å². The van der Waals surface area contributed by atoms with Crippen molar-refractivity contribution in [1.82, 2.24) is 9.88 Å². The maximum absolute atomic E-state index is 5.83. The van der Waals surface area contributed by atoms with Crippen LogP contribution < -0.4 is 4.90 Å². The maximum atomic E-state index is 5.83. The van der Waals surface area contributed by atoms with Gasteiger partial charge in [0.25, 0.3) is 0 Å². The van der Waals surface area contributed by atoms with E-state index in [1.54, 1.807) is 6.20 Å². The highest BCUT2D eigenvalue weighted by molar-refractivity contribution is 6.30. The fourth-order valence-corrected chi connectivity index (χ4v) is 1.60. The zero-order valence-corrected chi connectivity index (χ0v) is 11.0. The molecule has 0 bridgehead atoms. The van der Waals surface area contributed by atoms with E-state index in [1.807, 2.05) is 12.1 Å². The van der Waals surface area contributed by atoms with Crippen LogP contribution in [0.15, 0.2) is 18.3 Å². The molecule has 1 rings (SSSR count). The molecule has 0 spiro atoms. The third-order valence-electron chi connectivity index (χ3n) is 2.35. The average molecular weight is 242 g/mol. The van der Waals surface area contributed by atoms with Gasteiger partial charge in [0.05, 0.1) is 5.02 Å². The van der Waals surface area contributed by atoms with Gasteiger partial charge in [-0.1, -0.05) is 18.5 Å². The molecule has 90 valence electrons. The van der Waals surface area contributed by atoms with E-state index >= 15 is 0 Å². The van der Waals surface area contributed by atoms with Crippen molar-refractivity contribution in [1.29, 1.82) is 0 Å². The van der Waals surface area contributed by atoms with E-state index in [2.05, 4.69) is 35.8 Å². The summed E-state index contributed by atoms with van der Waals surface area (Å²) in [7, 11) is 4.17. The Morgan fingerprint density at radius 2 is 1.94 bits per heavy atom. The summed E-state index contributed by atoms with van der Waals surface area (Å²) in [5.74, 6) is 1.01. The molecular formula is C12H20ClN3. The minimum Gasteiger partial charge on any atom is -0.355 e. The summed E-state index contributed by atoms with van der Waals surface area (Å²) in [5, 5.41) is 0.688. The van der Waals surface area contributed by atoms with Crippen LogP contribution in [0, 0.1) is 0 Å².